The molecule has 0 heteroatoms. The van der Waals surface area contributed by atoms with Gasteiger partial charge in [-0.05, 0) is 111 Å². The number of benzene rings is 7. The van der Waals surface area contributed by atoms with Crippen LogP contribution in [-0.2, 0) is 0 Å². The summed E-state index contributed by atoms with van der Waals surface area (Å²) in [4.78, 5) is 0. The lowest BCUT2D eigenvalue weighted by molar-refractivity contribution is 1.53. The molecule has 9 aromatic carbocycles. The van der Waals surface area contributed by atoms with Crippen molar-refractivity contribution in [2.24, 2.45) is 0 Å². The predicted molar refractivity (Wildman–Crippen MR) is 162 cm³/mol. The van der Waals surface area contributed by atoms with E-state index in [1.165, 1.54) is 92.1 Å². The van der Waals surface area contributed by atoms with Crippen molar-refractivity contribution < 1.29 is 0 Å². The SMILES string of the molecule is Cc1cc2cccc3c4c(-c5ccccc5)c5c(cc4c(c1)c23)cc1c2ccccc2c2cccc5c21. The molecule has 0 atom stereocenters. The van der Waals surface area contributed by atoms with Crippen molar-refractivity contribution in [1.82, 2.24) is 0 Å². The first-order valence-electron chi connectivity index (χ1n) is 13.0. The maximum Gasteiger partial charge on any atom is -0.00134 e. The summed E-state index contributed by atoms with van der Waals surface area (Å²) in [7, 11) is 0. The smallest absolute Gasteiger partial charge is 0.00134 e. The van der Waals surface area contributed by atoms with Gasteiger partial charge in [-0.25, -0.2) is 0 Å². The van der Waals surface area contributed by atoms with Gasteiger partial charge in [-0.15, -0.1) is 0 Å². The summed E-state index contributed by atoms with van der Waals surface area (Å²) in [5.41, 5.74) is 3.95. The third-order valence-electron chi connectivity index (χ3n) is 8.51. The molecule has 0 radical (unpaired) electrons. The van der Waals surface area contributed by atoms with Crippen molar-refractivity contribution >= 4 is 75.4 Å². The molecule has 0 saturated carbocycles. The molecule has 37 heavy (non-hydrogen) atoms. The van der Waals surface area contributed by atoms with Crippen LogP contribution in [0.3, 0.4) is 0 Å². The summed E-state index contributed by atoms with van der Waals surface area (Å²) in [6.07, 6.45) is 0. The fraction of sp³-hybridized carbons (Fsp3) is 0.0270. The summed E-state index contributed by atoms with van der Waals surface area (Å²) < 4.78 is 0. The lowest BCUT2D eigenvalue weighted by Crippen LogP contribution is -1.86. The highest BCUT2D eigenvalue weighted by molar-refractivity contribution is 6.41. The highest BCUT2D eigenvalue weighted by Crippen LogP contribution is 2.50. The van der Waals surface area contributed by atoms with E-state index in [4.69, 9.17) is 0 Å². The van der Waals surface area contributed by atoms with E-state index >= 15 is 0 Å². The molecule has 0 aliphatic rings. The Labute approximate surface area is 214 Å². The van der Waals surface area contributed by atoms with E-state index in [1.807, 2.05) is 0 Å². The van der Waals surface area contributed by atoms with Gasteiger partial charge in [0.2, 0.25) is 0 Å². The highest BCUT2D eigenvalue weighted by Gasteiger charge is 2.22. The number of rotatable bonds is 1. The monoisotopic (exact) mass is 466 g/mol. The maximum atomic E-state index is 2.47. The van der Waals surface area contributed by atoms with Crippen LogP contribution in [0.5, 0.6) is 0 Å². The van der Waals surface area contributed by atoms with Crippen LogP contribution in [0.15, 0.2) is 115 Å². The van der Waals surface area contributed by atoms with Gasteiger partial charge >= 0.3 is 0 Å². The fourth-order valence-electron chi connectivity index (χ4n) is 7.16. The summed E-state index contributed by atoms with van der Waals surface area (Å²) in [6.45, 7) is 2.21. The first kappa shape index (κ1) is 19.5. The van der Waals surface area contributed by atoms with Gasteiger partial charge in [0.25, 0.3) is 0 Å². The fourth-order valence-corrected chi connectivity index (χ4v) is 7.16. The second kappa shape index (κ2) is 6.75. The third kappa shape index (κ3) is 2.38. The Kier molecular flexibility index (Phi) is 3.56. The van der Waals surface area contributed by atoms with Crippen molar-refractivity contribution in [3.05, 3.63) is 121 Å². The predicted octanol–water partition coefficient (Wildman–Crippen LogP) is 10.6. The largest absolute Gasteiger partial charge is 0.0622 e. The van der Waals surface area contributed by atoms with Crippen molar-refractivity contribution in [2.45, 2.75) is 6.92 Å². The van der Waals surface area contributed by atoms with Crippen molar-refractivity contribution in [1.29, 1.82) is 0 Å². The minimum Gasteiger partial charge on any atom is -0.0622 e. The highest BCUT2D eigenvalue weighted by atomic mass is 14.2. The van der Waals surface area contributed by atoms with Gasteiger partial charge in [0.1, 0.15) is 0 Å². The van der Waals surface area contributed by atoms with Crippen LogP contribution in [0.1, 0.15) is 5.56 Å². The lowest BCUT2D eigenvalue weighted by Gasteiger charge is -2.14. The summed E-state index contributed by atoms with van der Waals surface area (Å²) in [6, 6.07) is 43.2. The zero-order chi connectivity index (χ0) is 24.2. The van der Waals surface area contributed by atoms with Gasteiger partial charge in [0.05, 0.1) is 0 Å². The van der Waals surface area contributed by atoms with E-state index in [1.54, 1.807) is 0 Å². The number of hydrogen-bond donors (Lipinski definition) is 0. The molecule has 0 aliphatic heterocycles. The second-order valence-corrected chi connectivity index (χ2v) is 10.6. The molecule has 9 rings (SSSR count). The molecule has 0 unspecified atom stereocenters. The minimum absolute atomic E-state index is 1.28. The van der Waals surface area contributed by atoms with E-state index in [0.29, 0.717) is 0 Å². The van der Waals surface area contributed by atoms with E-state index < -0.39 is 0 Å². The van der Waals surface area contributed by atoms with E-state index in [2.05, 4.69) is 122 Å². The van der Waals surface area contributed by atoms with Crippen LogP contribution >= 0.6 is 0 Å². The van der Waals surface area contributed by atoms with Gasteiger partial charge in [0.15, 0.2) is 0 Å². The summed E-state index contributed by atoms with van der Waals surface area (Å²) in [5.74, 6) is 0. The Morgan fingerprint density at radius 2 is 0.946 bits per heavy atom. The topological polar surface area (TPSA) is 0 Å². The molecule has 9 aromatic rings. The molecule has 0 N–H and O–H groups in total. The molecule has 0 bridgehead atoms. The molecule has 0 saturated heterocycles. The van der Waals surface area contributed by atoms with Crippen LogP contribution < -0.4 is 0 Å². The quantitative estimate of drug-likeness (QED) is 0.211. The van der Waals surface area contributed by atoms with Gasteiger partial charge in [-0.3, -0.25) is 0 Å². The van der Waals surface area contributed by atoms with Crippen LogP contribution in [0.25, 0.3) is 86.5 Å². The van der Waals surface area contributed by atoms with Crippen LogP contribution in [0, 0.1) is 6.92 Å². The molecular weight excluding hydrogens is 444 g/mol. The average Bonchev–Trinajstić information content (AvgIpc) is 3.43. The number of aryl methyl sites for hydroxylation is 1. The Morgan fingerprint density at radius 3 is 1.76 bits per heavy atom. The number of fused-ring (bicyclic) bond motifs is 8. The molecule has 0 spiro atoms. The van der Waals surface area contributed by atoms with Crippen LogP contribution in [-0.4, -0.2) is 0 Å². The van der Waals surface area contributed by atoms with Crippen molar-refractivity contribution in [2.75, 3.05) is 0 Å². The molecule has 0 fully saturated rings. The molecular formula is C37H22. The maximum absolute atomic E-state index is 2.47. The first-order chi connectivity index (χ1) is 18.3. The zero-order valence-electron chi connectivity index (χ0n) is 20.5. The van der Waals surface area contributed by atoms with Gasteiger partial charge in [-0.2, -0.15) is 0 Å². The summed E-state index contributed by atoms with van der Waals surface area (Å²) in [5, 5.41) is 19.0. The normalized spacial score (nSPS) is 12.5. The van der Waals surface area contributed by atoms with Gasteiger partial charge in [-0.1, -0.05) is 103 Å². The molecule has 0 aliphatic carbocycles. The standard InChI is InChI=1S/C37H22/c1-21-17-23-11-7-15-28-33(23)30(18-21)32-20-24-19-31-26-13-6-5-12-25(26)27-14-8-16-29(36(27)31)34(24)35(37(28)32)22-9-3-2-4-10-22/h2-20H,1H3. The van der Waals surface area contributed by atoms with Crippen LogP contribution in [0.4, 0.5) is 0 Å². The van der Waals surface area contributed by atoms with E-state index in [-0.39, 0.29) is 0 Å². The summed E-state index contributed by atoms with van der Waals surface area (Å²) >= 11 is 0. The Hall–Kier alpha value is -4.68. The van der Waals surface area contributed by atoms with Gasteiger partial charge in [0, 0.05) is 0 Å². The molecule has 0 heterocycles. The van der Waals surface area contributed by atoms with Crippen LogP contribution in [0.2, 0.25) is 0 Å². The lowest BCUT2D eigenvalue weighted by atomic mass is 9.88. The van der Waals surface area contributed by atoms with E-state index in [0.717, 1.165) is 0 Å². The Balaban J connectivity index is 1.65. The van der Waals surface area contributed by atoms with Crippen molar-refractivity contribution in [3.63, 3.8) is 0 Å². The Morgan fingerprint density at radius 1 is 0.351 bits per heavy atom. The Bertz CT molecular complexity index is 2340. The second-order valence-electron chi connectivity index (χ2n) is 10.6. The minimum atomic E-state index is 1.28. The zero-order valence-corrected chi connectivity index (χ0v) is 20.5. The van der Waals surface area contributed by atoms with Crippen molar-refractivity contribution in [3.8, 4) is 11.1 Å². The first-order valence-corrected chi connectivity index (χ1v) is 13.0. The third-order valence-corrected chi connectivity index (χ3v) is 8.51. The van der Waals surface area contributed by atoms with Gasteiger partial charge < -0.3 is 0 Å². The average molecular weight is 467 g/mol. The number of hydrogen-bond acceptors (Lipinski definition) is 0. The van der Waals surface area contributed by atoms with E-state index in [9.17, 15) is 0 Å². The molecule has 0 amide bonds. The molecule has 170 valence electrons. The molecule has 0 aromatic heterocycles. The molecule has 0 nitrogen and oxygen atoms in total.